The predicted molar refractivity (Wildman–Crippen MR) is 108 cm³/mol. The Morgan fingerprint density at radius 3 is 2.62 bits per heavy atom. The summed E-state index contributed by atoms with van der Waals surface area (Å²) in [5, 5.41) is 11.4. The summed E-state index contributed by atoms with van der Waals surface area (Å²) in [7, 11) is 0. The molecule has 3 aromatic rings. The smallest absolute Gasteiger partial charge is 0.239 e. The molecule has 0 saturated carbocycles. The molecule has 1 saturated heterocycles. The van der Waals surface area contributed by atoms with E-state index in [1.165, 1.54) is 17.1 Å². The number of amidine groups is 1. The quantitative estimate of drug-likeness (QED) is 0.515. The normalized spacial score (nSPS) is 16.2. The number of carbonyl (C=O) groups is 1. The van der Waals surface area contributed by atoms with Crippen molar-refractivity contribution in [2.75, 3.05) is 5.75 Å². The molecule has 1 amide bonds. The molecule has 4 rings (SSSR count). The topological polar surface area (TPSA) is 45.0 Å². The number of thioether (sulfide) groups is 1. The average Bonchev–Trinajstić information content (AvgIpc) is 3.03. The van der Waals surface area contributed by atoms with Crippen LogP contribution in [0.4, 0.5) is 0 Å². The second-order valence-electron chi connectivity index (χ2n) is 5.94. The van der Waals surface area contributed by atoms with Gasteiger partial charge in [-0.25, -0.2) is 0 Å². The molecule has 0 aliphatic carbocycles. The van der Waals surface area contributed by atoms with E-state index in [1.54, 1.807) is 11.1 Å². The number of nitrogens with zero attached hydrogens (tertiary/aromatic N) is 3. The Morgan fingerprint density at radius 1 is 0.962 bits per heavy atom. The third-order valence-electron chi connectivity index (χ3n) is 4.21. The lowest BCUT2D eigenvalue weighted by Crippen LogP contribution is -2.28. The summed E-state index contributed by atoms with van der Waals surface area (Å²) in [5.41, 5.74) is 2.09. The maximum absolute atomic E-state index is 12.3. The van der Waals surface area contributed by atoms with Crippen LogP contribution in [0.1, 0.15) is 11.1 Å². The molecular formula is C21H17N3OS. The highest BCUT2D eigenvalue weighted by Gasteiger charge is 2.28. The highest BCUT2D eigenvalue weighted by atomic mass is 32.2. The van der Waals surface area contributed by atoms with E-state index < -0.39 is 0 Å². The summed E-state index contributed by atoms with van der Waals surface area (Å²) in [6.45, 7) is 0.507. The molecule has 0 radical (unpaired) electrons. The number of carbonyl (C=O) groups excluding carboxylic acids is 1. The molecule has 0 spiro atoms. The van der Waals surface area contributed by atoms with Crippen LogP contribution in [0.2, 0.25) is 0 Å². The van der Waals surface area contributed by atoms with Gasteiger partial charge in [-0.15, -0.1) is 5.10 Å². The Hall–Kier alpha value is -2.92. The molecule has 0 atom stereocenters. The van der Waals surface area contributed by atoms with Crippen LogP contribution in [0, 0.1) is 0 Å². The zero-order chi connectivity index (χ0) is 17.8. The van der Waals surface area contributed by atoms with E-state index in [9.17, 15) is 4.79 Å². The summed E-state index contributed by atoms with van der Waals surface area (Å²) in [5.74, 6) is 0.473. The number of hydrogen-bond acceptors (Lipinski definition) is 4. The summed E-state index contributed by atoms with van der Waals surface area (Å²) >= 11 is 1.43. The first-order chi connectivity index (χ1) is 12.8. The van der Waals surface area contributed by atoms with Crippen LogP contribution in [0.5, 0.6) is 0 Å². The zero-order valence-electron chi connectivity index (χ0n) is 14.1. The van der Waals surface area contributed by atoms with E-state index in [2.05, 4.69) is 34.5 Å². The van der Waals surface area contributed by atoms with Gasteiger partial charge in [-0.05, 0) is 21.9 Å². The van der Waals surface area contributed by atoms with Crippen molar-refractivity contribution in [3.05, 3.63) is 83.9 Å². The molecule has 1 fully saturated rings. The minimum Gasteiger partial charge on any atom is -0.285 e. The second kappa shape index (κ2) is 7.54. The lowest BCUT2D eigenvalue weighted by atomic mass is 10.0. The Balaban J connectivity index is 1.58. The molecule has 5 heteroatoms. The van der Waals surface area contributed by atoms with Gasteiger partial charge >= 0.3 is 0 Å². The molecule has 3 aromatic carbocycles. The number of benzene rings is 3. The molecule has 1 heterocycles. The SMILES string of the molecule is O=C1CS/C(=N\N=C\c2ccccc2)N1Cc1cccc2ccccc12. The molecule has 0 unspecified atom stereocenters. The fraction of sp³-hybridized carbons (Fsp3) is 0.0952. The standard InChI is InChI=1S/C21H17N3OS/c25-20-15-26-21(23-22-13-16-7-2-1-3-8-16)24(20)14-18-11-6-10-17-9-4-5-12-19(17)18/h1-13H,14-15H2/b22-13+,23-21-. The van der Waals surface area contributed by atoms with Gasteiger partial charge in [0.1, 0.15) is 0 Å². The van der Waals surface area contributed by atoms with Gasteiger partial charge in [0, 0.05) is 0 Å². The molecule has 26 heavy (non-hydrogen) atoms. The predicted octanol–water partition coefficient (Wildman–Crippen LogP) is 4.31. The van der Waals surface area contributed by atoms with Crippen molar-refractivity contribution in [3.8, 4) is 0 Å². The number of hydrogen-bond donors (Lipinski definition) is 0. The monoisotopic (exact) mass is 359 g/mol. The maximum atomic E-state index is 12.3. The largest absolute Gasteiger partial charge is 0.285 e. The van der Waals surface area contributed by atoms with Gasteiger partial charge in [0.2, 0.25) is 5.91 Å². The highest BCUT2D eigenvalue weighted by Crippen LogP contribution is 2.25. The van der Waals surface area contributed by atoms with Crippen LogP contribution in [-0.4, -0.2) is 27.9 Å². The van der Waals surface area contributed by atoms with E-state index in [0.29, 0.717) is 17.5 Å². The fourth-order valence-corrected chi connectivity index (χ4v) is 3.75. The van der Waals surface area contributed by atoms with E-state index in [0.717, 1.165) is 16.5 Å². The first-order valence-electron chi connectivity index (χ1n) is 8.37. The molecule has 0 aromatic heterocycles. The molecule has 1 aliphatic rings. The van der Waals surface area contributed by atoms with Crippen molar-refractivity contribution in [3.63, 3.8) is 0 Å². The van der Waals surface area contributed by atoms with Crippen LogP contribution in [-0.2, 0) is 11.3 Å². The average molecular weight is 359 g/mol. The number of rotatable bonds is 4. The summed E-state index contributed by atoms with van der Waals surface area (Å²) in [6, 6.07) is 24.2. The minimum atomic E-state index is 0.0663. The fourth-order valence-electron chi connectivity index (χ4n) is 2.91. The summed E-state index contributed by atoms with van der Waals surface area (Å²) in [4.78, 5) is 14.0. The van der Waals surface area contributed by atoms with Crippen molar-refractivity contribution >= 4 is 39.8 Å². The van der Waals surface area contributed by atoms with E-state index in [-0.39, 0.29) is 5.91 Å². The molecule has 128 valence electrons. The van der Waals surface area contributed by atoms with Crippen molar-refractivity contribution in [2.24, 2.45) is 10.2 Å². The van der Waals surface area contributed by atoms with Crippen molar-refractivity contribution in [2.45, 2.75) is 6.54 Å². The molecule has 4 nitrogen and oxygen atoms in total. The van der Waals surface area contributed by atoms with E-state index in [4.69, 9.17) is 0 Å². The van der Waals surface area contributed by atoms with Crippen molar-refractivity contribution < 1.29 is 4.79 Å². The first kappa shape index (κ1) is 16.5. The van der Waals surface area contributed by atoms with Gasteiger partial charge in [0.05, 0.1) is 18.5 Å². The maximum Gasteiger partial charge on any atom is 0.239 e. The Bertz CT molecular complexity index is 993. The third kappa shape index (κ3) is 3.53. The Kier molecular flexibility index (Phi) is 4.80. The third-order valence-corrected chi connectivity index (χ3v) is 5.17. The number of fused-ring (bicyclic) bond motifs is 1. The van der Waals surface area contributed by atoms with Crippen LogP contribution in [0.25, 0.3) is 10.8 Å². The Labute approximate surface area is 156 Å². The number of amides is 1. The van der Waals surface area contributed by atoms with Gasteiger partial charge in [0.25, 0.3) is 0 Å². The van der Waals surface area contributed by atoms with Crippen molar-refractivity contribution in [1.82, 2.24) is 4.90 Å². The molecular weight excluding hydrogens is 342 g/mol. The van der Waals surface area contributed by atoms with Gasteiger partial charge in [-0.1, -0.05) is 84.6 Å². The van der Waals surface area contributed by atoms with Crippen LogP contribution in [0.15, 0.2) is 83.0 Å². The zero-order valence-corrected chi connectivity index (χ0v) is 14.9. The van der Waals surface area contributed by atoms with Gasteiger partial charge in [0.15, 0.2) is 5.17 Å². The second-order valence-corrected chi connectivity index (χ2v) is 6.89. The van der Waals surface area contributed by atoms with Gasteiger partial charge < -0.3 is 0 Å². The van der Waals surface area contributed by atoms with Gasteiger partial charge in [-0.2, -0.15) is 5.10 Å². The molecule has 0 bridgehead atoms. The Morgan fingerprint density at radius 2 is 1.73 bits per heavy atom. The lowest BCUT2D eigenvalue weighted by Gasteiger charge is -2.16. The summed E-state index contributed by atoms with van der Waals surface area (Å²) < 4.78 is 0. The minimum absolute atomic E-state index is 0.0663. The van der Waals surface area contributed by atoms with Gasteiger partial charge in [-0.3, -0.25) is 9.69 Å². The highest BCUT2D eigenvalue weighted by molar-refractivity contribution is 8.15. The molecule has 1 aliphatic heterocycles. The van der Waals surface area contributed by atoms with Crippen LogP contribution in [0.3, 0.4) is 0 Å². The van der Waals surface area contributed by atoms with E-state index >= 15 is 0 Å². The summed E-state index contributed by atoms with van der Waals surface area (Å²) in [6.07, 6.45) is 1.70. The first-order valence-corrected chi connectivity index (χ1v) is 9.36. The van der Waals surface area contributed by atoms with Crippen LogP contribution >= 0.6 is 11.8 Å². The van der Waals surface area contributed by atoms with E-state index in [1.807, 2.05) is 48.5 Å². The lowest BCUT2D eigenvalue weighted by molar-refractivity contribution is -0.124. The molecule has 0 N–H and O–H groups in total. The van der Waals surface area contributed by atoms with Crippen molar-refractivity contribution in [1.29, 1.82) is 0 Å². The van der Waals surface area contributed by atoms with Crippen LogP contribution < -0.4 is 0 Å².